The van der Waals surface area contributed by atoms with Crippen molar-refractivity contribution in [2.75, 3.05) is 0 Å². The van der Waals surface area contributed by atoms with Gasteiger partial charge in [-0.2, -0.15) is 0 Å². The van der Waals surface area contributed by atoms with Crippen molar-refractivity contribution in [3.63, 3.8) is 0 Å². The van der Waals surface area contributed by atoms with Crippen LogP contribution in [0.3, 0.4) is 0 Å². The summed E-state index contributed by atoms with van der Waals surface area (Å²) in [7, 11) is 0. The minimum Gasteiger partial charge on any atom is -0.485 e. The number of carbonyl (C=O) groups excluding carboxylic acids is 1. The average Bonchev–Trinajstić information content (AvgIpc) is 3.58. The fraction of sp³-hybridized carbons (Fsp3) is 0.333. The van der Waals surface area contributed by atoms with Crippen LogP contribution in [-0.4, -0.2) is 21.3 Å². The molecule has 8 heteroatoms. The van der Waals surface area contributed by atoms with Crippen LogP contribution < -0.4 is 15.8 Å². The molecular formula is C27H29ClN4O2S. The van der Waals surface area contributed by atoms with E-state index >= 15 is 0 Å². The molecule has 5 rings (SSSR count). The number of amides is 1. The van der Waals surface area contributed by atoms with Crippen LogP contribution in [0, 0.1) is 0 Å². The quantitative estimate of drug-likeness (QED) is 0.294. The topological polar surface area (TPSA) is 81.7 Å². The number of nitrogens with zero attached hydrogens (tertiary/aromatic N) is 2. The number of hydrogen-bond acceptors (Lipinski definition) is 5. The van der Waals surface area contributed by atoms with Gasteiger partial charge in [-0.25, -0.2) is 4.98 Å². The van der Waals surface area contributed by atoms with Gasteiger partial charge < -0.3 is 15.8 Å². The van der Waals surface area contributed by atoms with Gasteiger partial charge in [0.1, 0.15) is 17.5 Å². The Balaban J connectivity index is 1.36. The lowest BCUT2D eigenvalue weighted by molar-refractivity contribution is -0.117. The minimum atomic E-state index is -0.397. The molecule has 3 N–H and O–H groups in total. The van der Waals surface area contributed by atoms with Gasteiger partial charge in [-0.3, -0.25) is 9.20 Å². The van der Waals surface area contributed by atoms with Gasteiger partial charge in [0.05, 0.1) is 28.1 Å². The number of ether oxygens (including phenoxy) is 1. The molecule has 0 spiro atoms. The van der Waals surface area contributed by atoms with Gasteiger partial charge in [0.25, 0.3) is 0 Å². The van der Waals surface area contributed by atoms with Crippen LogP contribution in [0.1, 0.15) is 54.7 Å². The molecule has 1 fully saturated rings. The summed E-state index contributed by atoms with van der Waals surface area (Å²) in [5, 5.41) is 4.31. The van der Waals surface area contributed by atoms with Crippen LogP contribution in [0.25, 0.3) is 16.2 Å². The maximum absolute atomic E-state index is 11.8. The van der Waals surface area contributed by atoms with E-state index in [4.69, 9.17) is 22.1 Å². The van der Waals surface area contributed by atoms with Crippen LogP contribution in [0.2, 0.25) is 5.02 Å². The van der Waals surface area contributed by atoms with E-state index in [2.05, 4.69) is 16.4 Å². The predicted molar refractivity (Wildman–Crippen MR) is 141 cm³/mol. The Bertz CT molecular complexity index is 1340. The number of hydrogen-bond donors (Lipinski definition) is 2. The largest absolute Gasteiger partial charge is 0.485 e. The number of benzene rings is 1. The first-order chi connectivity index (χ1) is 17.0. The summed E-state index contributed by atoms with van der Waals surface area (Å²) >= 11 is 8.17. The molecule has 1 amide bonds. The van der Waals surface area contributed by atoms with Gasteiger partial charge in [0, 0.05) is 35.4 Å². The number of pyridine rings is 1. The van der Waals surface area contributed by atoms with Crippen molar-refractivity contribution < 1.29 is 9.53 Å². The highest BCUT2D eigenvalue weighted by Crippen LogP contribution is 2.39. The van der Waals surface area contributed by atoms with E-state index in [9.17, 15) is 4.79 Å². The van der Waals surface area contributed by atoms with Gasteiger partial charge in [0.15, 0.2) is 0 Å². The van der Waals surface area contributed by atoms with E-state index in [0.29, 0.717) is 16.8 Å². The van der Waals surface area contributed by atoms with Crippen LogP contribution in [0.4, 0.5) is 0 Å². The fourth-order valence-electron chi connectivity index (χ4n) is 4.69. The van der Waals surface area contributed by atoms with E-state index in [0.717, 1.165) is 38.8 Å². The number of aromatic nitrogens is 2. The highest BCUT2D eigenvalue weighted by atomic mass is 35.5. The van der Waals surface area contributed by atoms with Crippen LogP contribution >= 0.6 is 22.9 Å². The van der Waals surface area contributed by atoms with Crippen LogP contribution in [-0.2, 0) is 17.8 Å². The summed E-state index contributed by atoms with van der Waals surface area (Å²) in [5.74, 6) is 0.247. The Morgan fingerprint density at radius 2 is 2.11 bits per heavy atom. The smallest absolute Gasteiger partial charge is 0.222 e. The molecule has 35 heavy (non-hydrogen) atoms. The molecule has 4 aromatic rings. The zero-order valence-electron chi connectivity index (χ0n) is 19.7. The zero-order valence-corrected chi connectivity index (χ0v) is 21.2. The average molecular weight is 509 g/mol. The molecule has 3 aromatic heterocycles. The van der Waals surface area contributed by atoms with Crippen LogP contribution in [0.5, 0.6) is 5.75 Å². The van der Waals surface area contributed by atoms with E-state index in [1.165, 1.54) is 37.0 Å². The second-order valence-corrected chi connectivity index (χ2v) is 10.6. The van der Waals surface area contributed by atoms with Crippen molar-refractivity contribution in [2.24, 2.45) is 5.73 Å². The first-order valence-electron chi connectivity index (χ1n) is 12.0. The van der Waals surface area contributed by atoms with Gasteiger partial charge >= 0.3 is 0 Å². The summed E-state index contributed by atoms with van der Waals surface area (Å²) in [4.78, 5) is 18.0. The molecule has 0 unspecified atom stereocenters. The molecule has 3 heterocycles. The monoisotopic (exact) mass is 508 g/mol. The number of imidazole rings is 1. The first kappa shape index (κ1) is 23.9. The minimum absolute atomic E-state index is 0.114. The molecule has 0 bridgehead atoms. The predicted octanol–water partition coefficient (Wildman–Crippen LogP) is 5.92. The molecule has 0 saturated heterocycles. The van der Waals surface area contributed by atoms with Crippen molar-refractivity contribution in [1.29, 1.82) is 0 Å². The Kier molecular flexibility index (Phi) is 7.09. The molecule has 1 aliphatic carbocycles. The van der Waals surface area contributed by atoms with Gasteiger partial charge in [-0.05, 0) is 43.5 Å². The Labute approximate surface area is 214 Å². The summed E-state index contributed by atoms with van der Waals surface area (Å²) < 4.78 is 8.37. The third kappa shape index (κ3) is 5.37. The lowest BCUT2D eigenvalue weighted by Gasteiger charge is -2.18. The summed E-state index contributed by atoms with van der Waals surface area (Å²) in [6, 6.07) is 14.6. The van der Waals surface area contributed by atoms with E-state index in [1.807, 2.05) is 60.1 Å². The molecule has 1 atom stereocenters. The Morgan fingerprint density at radius 1 is 1.29 bits per heavy atom. The standard InChI is InChI=1S/C27H29ClN4O2S/c1-17(20-10-9-18(12-21(20)28)15-30-19-6-2-3-7-19)34-23-13-24(35-25(23)14-26(29)33)22-16-31-27-8-4-5-11-32(22)27/h4-5,8-13,16-17,19,30H,2-3,6-7,14-15H2,1H3,(H2,29,33)/t17-/m1/s1. The van der Waals surface area contributed by atoms with Crippen molar-refractivity contribution >= 4 is 34.5 Å². The highest BCUT2D eigenvalue weighted by Gasteiger charge is 2.20. The number of carbonyl (C=O) groups is 1. The van der Waals surface area contributed by atoms with Crippen molar-refractivity contribution in [2.45, 2.75) is 57.7 Å². The SMILES string of the molecule is C[C@@H](Oc1cc(-c2cnc3ccccn23)sc1CC(N)=O)c1ccc(CNC2CCCC2)cc1Cl. The first-order valence-corrected chi connectivity index (χ1v) is 13.2. The van der Waals surface area contributed by atoms with Crippen molar-refractivity contribution in [3.05, 3.63) is 75.9 Å². The molecule has 1 aromatic carbocycles. The zero-order chi connectivity index (χ0) is 24.4. The number of halogens is 1. The number of rotatable bonds is 9. The highest BCUT2D eigenvalue weighted by molar-refractivity contribution is 7.15. The lowest BCUT2D eigenvalue weighted by atomic mass is 10.1. The normalized spacial score (nSPS) is 15.0. The van der Waals surface area contributed by atoms with E-state index < -0.39 is 5.91 Å². The third-order valence-corrected chi connectivity index (χ3v) is 8.00. The molecule has 0 aliphatic heterocycles. The fourth-order valence-corrected chi connectivity index (χ4v) is 6.16. The number of nitrogens with two attached hydrogens (primary N) is 1. The Hall–Kier alpha value is -2.87. The molecule has 182 valence electrons. The maximum atomic E-state index is 11.8. The second-order valence-electron chi connectivity index (χ2n) is 9.09. The Morgan fingerprint density at radius 3 is 2.89 bits per heavy atom. The molecule has 1 saturated carbocycles. The lowest BCUT2D eigenvalue weighted by Crippen LogP contribution is -2.25. The summed E-state index contributed by atoms with van der Waals surface area (Å²) in [6.07, 6.45) is 8.74. The number of primary amides is 1. The number of thiophene rings is 1. The van der Waals surface area contributed by atoms with E-state index in [1.54, 1.807) is 0 Å². The van der Waals surface area contributed by atoms with Gasteiger partial charge in [0.2, 0.25) is 5.91 Å². The second kappa shape index (κ2) is 10.4. The van der Waals surface area contributed by atoms with Crippen molar-refractivity contribution in [3.8, 4) is 16.3 Å². The van der Waals surface area contributed by atoms with Crippen LogP contribution in [0.15, 0.2) is 54.9 Å². The third-order valence-electron chi connectivity index (χ3n) is 6.53. The van der Waals surface area contributed by atoms with Gasteiger partial charge in [-0.15, -0.1) is 11.3 Å². The molecule has 1 aliphatic rings. The summed E-state index contributed by atoms with van der Waals surface area (Å²) in [6.45, 7) is 2.78. The van der Waals surface area contributed by atoms with Crippen molar-refractivity contribution in [1.82, 2.24) is 14.7 Å². The summed E-state index contributed by atoms with van der Waals surface area (Å²) in [5.41, 5.74) is 9.41. The number of nitrogens with one attached hydrogen (secondary N) is 1. The van der Waals surface area contributed by atoms with E-state index in [-0.39, 0.29) is 12.5 Å². The molecule has 0 radical (unpaired) electrons. The molecule has 6 nitrogen and oxygen atoms in total. The number of fused-ring (bicyclic) bond motifs is 1. The molecular weight excluding hydrogens is 480 g/mol. The maximum Gasteiger partial charge on any atom is 0.222 e. The van der Waals surface area contributed by atoms with Gasteiger partial charge in [-0.1, -0.05) is 42.6 Å².